The van der Waals surface area contributed by atoms with Gasteiger partial charge in [-0.1, -0.05) is 0 Å². The molecule has 0 spiro atoms. The maximum absolute atomic E-state index is 12.7. The minimum Gasteiger partial charge on any atom is -0.319 e. The van der Waals surface area contributed by atoms with E-state index in [4.69, 9.17) is 0 Å². The molecule has 2 aromatic heterocycles. The molecule has 3 heterocycles. The number of nitrogens with zero attached hydrogens (tertiary/aromatic N) is 3. The first-order valence-corrected chi connectivity index (χ1v) is 7.86. The summed E-state index contributed by atoms with van der Waals surface area (Å²) in [6.07, 6.45) is 3.21. The lowest BCUT2D eigenvalue weighted by Gasteiger charge is -2.19. The van der Waals surface area contributed by atoms with E-state index < -0.39 is 17.5 Å². The van der Waals surface area contributed by atoms with Crippen molar-refractivity contribution in [3.05, 3.63) is 39.8 Å². The highest BCUT2D eigenvalue weighted by molar-refractivity contribution is 7.14. The van der Waals surface area contributed by atoms with E-state index in [1.54, 1.807) is 30.9 Å². The van der Waals surface area contributed by atoms with Crippen molar-refractivity contribution in [1.29, 1.82) is 0 Å². The Balaban J connectivity index is 1.83. The van der Waals surface area contributed by atoms with Gasteiger partial charge in [0.25, 0.3) is 5.91 Å². The van der Waals surface area contributed by atoms with Gasteiger partial charge in [-0.25, -0.2) is 4.79 Å². The summed E-state index contributed by atoms with van der Waals surface area (Å²) >= 11 is 1.35. The fourth-order valence-corrected chi connectivity index (χ4v) is 3.32. The molecule has 0 radical (unpaired) electrons. The second-order valence-electron chi connectivity index (χ2n) is 5.68. The van der Waals surface area contributed by atoms with Crippen molar-refractivity contribution in [2.45, 2.75) is 19.4 Å². The van der Waals surface area contributed by atoms with E-state index in [2.05, 4.69) is 10.4 Å². The zero-order chi connectivity index (χ0) is 16.8. The van der Waals surface area contributed by atoms with Crippen LogP contribution >= 0.6 is 11.3 Å². The molecule has 1 atom stereocenters. The van der Waals surface area contributed by atoms with Crippen molar-refractivity contribution in [2.75, 3.05) is 6.54 Å². The summed E-state index contributed by atoms with van der Waals surface area (Å²) in [5.41, 5.74) is -0.614. The van der Waals surface area contributed by atoms with Crippen LogP contribution in [0.1, 0.15) is 27.0 Å². The van der Waals surface area contributed by atoms with E-state index in [1.165, 1.54) is 17.5 Å². The molecular formula is C15H16N4O3S. The van der Waals surface area contributed by atoms with Gasteiger partial charge in [-0.2, -0.15) is 5.10 Å². The van der Waals surface area contributed by atoms with E-state index in [1.807, 2.05) is 13.0 Å². The zero-order valence-electron chi connectivity index (χ0n) is 13.0. The summed E-state index contributed by atoms with van der Waals surface area (Å²) < 4.78 is 1.56. The summed E-state index contributed by atoms with van der Waals surface area (Å²) in [4.78, 5) is 39.6. The van der Waals surface area contributed by atoms with Gasteiger partial charge >= 0.3 is 6.03 Å². The molecule has 120 valence electrons. The molecular weight excluding hydrogens is 316 g/mol. The zero-order valence-corrected chi connectivity index (χ0v) is 13.8. The fraction of sp³-hybridized carbons (Fsp3) is 0.333. The molecule has 2 aromatic rings. The third-order valence-electron chi connectivity index (χ3n) is 3.87. The van der Waals surface area contributed by atoms with Crippen molar-refractivity contribution in [3.8, 4) is 0 Å². The Morgan fingerprint density at radius 2 is 2.13 bits per heavy atom. The Kier molecular flexibility index (Phi) is 3.56. The number of hydrogen-bond acceptors (Lipinski definition) is 5. The molecule has 3 amide bonds. The minimum atomic E-state index is -1.20. The predicted molar refractivity (Wildman–Crippen MR) is 84.2 cm³/mol. The highest BCUT2D eigenvalue weighted by atomic mass is 32.1. The number of aryl methyl sites for hydroxylation is 2. The van der Waals surface area contributed by atoms with Crippen LogP contribution in [0, 0.1) is 6.92 Å². The van der Waals surface area contributed by atoms with Gasteiger partial charge in [-0.15, -0.1) is 11.3 Å². The number of thiophene rings is 1. The van der Waals surface area contributed by atoms with Crippen molar-refractivity contribution in [1.82, 2.24) is 20.0 Å². The summed E-state index contributed by atoms with van der Waals surface area (Å²) in [6.45, 7) is 3.25. The highest BCUT2D eigenvalue weighted by Crippen LogP contribution is 2.28. The molecule has 7 nitrogen and oxygen atoms in total. The Labute approximate surface area is 136 Å². The Morgan fingerprint density at radius 1 is 1.39 bits per heavy atom. The number of carbonyl (C=O) groups is 3. The standard InChI is InChI=1S/C15H16N4O3S/c1-9-4-5-12(23-9)11(20)8-19-13(21)15(2,17-14(19)22)10-6-16-18(3)7-10/h4-7H,8H2,1-3H3,(H,17,22)/t15-/m1/s1. The molecule has 0 unspecified atom stereocenters. The summed E-state index contributed by atoms with van der Waals surface area (Å²) in [6, 6.07) is 2.98. The van der Waals surface area contributed by atoms with Crippen LogP contribution in [0.2, 0.25) is 0 Å². The van der Waals surface area contributed by atoms with Gasteiger partial charge in [0, 0.05) is 23.7 Å². The lowest BCUT2D eigenvalue weighted by Crippen LogP contribution is -2.41. The lowest BCUT2D eigenvalue weighted by atomic mass is 9.95. The number of carbonyl (C=O) groups excluding carboxylic acids is 3. The van der Waals surface area contributed by atoms with Crippen molar-refractivity contribution < 1.29 is 14.4 Å². The average Bonchev–Trinajstić information content (AvgIpc) is 3.16. The molecule has 1 aliphatic rings. The minimum absolute atomic E-state index is 0.248. The summed E-state index contributed by atoms with van der Waals surface area (Å²) in [5.74, 6) is -0.695. The first kappa shape index (κ1) is 15.4. The number of aromatic nitrogens is 2. The smallest absolute Gasteiger partial charge is 0.319 e. The third-order valence-corrected chi connectivity index (χ3v) is 4.92. The fourth-order valence-electron chi connectivity index (χ4n) is 2.52. The molecule has 0 aliphatic carbocycles. The monoisotopic (exact) mass is 332 g/mol. The number of urea groups is 1. The first-order valence-electron chi connectivity index (χ1n) is 7.04. The van der Waals surface area contributed by atoms with Gasteiger partial charge in [0.15, 0.2) is 5.78 Å². The number of imide groups is 1. The molecule has 23 heavy (non-hydrogen) atoms. The lowest BCUT2D eigenvalue weighted by molar-refractivity contribution is -0.130. The molecule has 0 bridgehead atoms. The second-order valence-corrected chi connectivity index (χ2v) is 6.97. The van der Waals surface area contributed by atoms with E-state index in [0.717, 1.165) is 9.78 Å². The van der Waals surface area contributed by atoms with E-state index >= 15 is 0 Å². The van der Waals surface area contributed by atoms with Gasteiger partial charge in [0.05, 0.1) is 17.6 Å². The SMILES string of the molecule is Cc1ccc(C(=O)CN2C(=O)N[C@](C)(c3cnn(C)c3)C2=O)s1. The van der Waals surface area contributed by atoms with Crippen LogP contribution in [0.4, 0.5) is 4.79 Å². The third kappa shape index (κ3) is 2.55. The quantitative estimate of drug-likeness (QED) is 0.678. The van der Waals surface area contributed by atoms with Gasteiger partial charge < -0.3 is 5.32 Å². The van der Waals surface area contributed by atoms with Gasteiger partial charge in [-0.05, 0) is 26.0 Å². The predicted octanol–water partition coefficient (Wildman–Crippen LogP) is 1.44. The topological polar surface area (TPSA) is 84.3 Å². The van der Waals surface area contributed by atoms with Crippen LogP contribution in [0.5, 0.6) is 0 Å². The summed E-state index contributed by atoms with van der Waals surface area (Å²) in [7, 11) is 1.73. The molecule has 1 aliphatic heterocycles. The maximum Gasteiger partial charge on any atom is 0.325 e. The molecule has 1 fully saturated rings. The number of ketones is 1. The van der Waals surface area contributed by atoms with Crippen molar-refractivity contribution in [3.63, 3.8) is 0 Å². The first-order chi connectivity index (χ1) is 10.8. The molecule has 0 aromatic carbocycles. The van der Waals surface area contributed by atoms with E-state index in [9.17, 15) is 14.4 Å². The van der Waals surface area contributed by atoms with Crippen LogP contribution in [-0.2, 0) is 17.4 Å². The molecule has 1 saturated heterocycles. The number of rotatable bonds is 4. The van der Waals surface area contributed by atoms with Gasteiger partial charge in [0.2, 0.25) is 0 Å². The largest absolute Gasteiger partial charge is 0.325 e. The molecule has 0 saturated carbocycles. The molecule has 1 N–H and O–H groups in total. The number of hydrogen-bond donors (Lipinski definition) is 1. The molecule has 8 heteroatoms. The van der Waals surface area contributed by atoms with Gasteiger partial charge in [0.1, 0.15) is 5.54 Å². The van der Waals surface area contributed by atoms with Crippen LogP contribution in [0.25, 0.3) is 0 Å². The summed E-state index contributed by atoms with van der Waals surface area (Å²) in [5, 5.41) is 6.69. The normalized spacial score (nSPS) is 20.9. The van der Waals surface area contributed by atoms with Crippen LogP contribution in [-0.4, -0.2) is 38.9 Å². The van der Waals surface area contributed by atoms with E-state index in [-0.39, 0.29) is 12.3 Å². The van der Waals surface area contributed by atoms with Crippen molar-refractivity contribution >= 4 is 29.1 Å². The van der Waals surface area contributed by atoms with Gasteiger partial charge in [-0.3, -0.25) is 19.2 Å². The number of Topliss-reactive ketones (excluding diaryl/α,β-unsaturated/α-hetero) is 1. The highest BCUT2D eigenvalue weighted by Gasteiger charge is 2.50. The Morgan fingerprint density at radius 3 is 2.70 bits per heavy atom. The number of nitrogens with one attached hydrogen (secondary N) is 1. The second kappa shape index (κ2) is 5.31. The van der Waals surface area contributed by atoms with Crippen molar-refractivity contribution in [2.24, 2.45) is 7.05 Å². The van der Waals surface area contributed by atoms with Crippen LogP contribution in [0.15, 0.2) is 24.5 Å². The maximum atomic E-state index is 12.7. The Bertz CT molecular complexity index is 809. The number of amides is 3. The van der Waals surface area contributed by atoms with Crippen LogP contribution in [0.3, 0.4) is 0 Å². The average molecular weight is 332 g/mol. The van der Waals surface area contributed by atoms with E-state index in [0.29, 0.717) is 10.4 Å². The van der Waals surface area contributed by atoms with Crippen LogP contribution < -0.4 is 5.32 Å². The molecule has 3 rings (SSSR count). The Hall–Kier alpha value is -2.48.